The third kappa shape index (κ3) is 4.78. The van der Waals surface area contributed by atoms with E-state index in [1.54, 1.807) is 19.1 Å². The Hall–Kier alpha value is -2.93. The summed E-state index contributed by atoms with van der Waals surface area (Å²) in [5.74, 6) is 1.41. The number of hydrogen-bond donors (Lipinski definition) is 0. The first-order valence-electron chi connectivity index (χ1n) is 11.0. The predicted molar refractivity (Wildman–Crippen MR) is 127 cm³/mol. The molecular formula is C25H35N3O4. The molecule has 1 aromatic carbocycles. The van der Waals surface area contributed by atoms with Gasteiger partial charge in [-0.25, -0.2) is 0 Å². The number of aromatic nitrogens is 1. The van der Waals surface area contributed by atoms with Gasteiger partial charge in [0.1, 0.15) is 5.69 Å². The number of carbonyl (C=O) groups excluding carboxylic acids is 1. The number of carbonyl (C=O) groups is 1. The molecule has 1 aromatic heterocycles. The van der Waals surface area contributed by atoms with E-state index < -0.39 is 0 Å². The zero-order valence-electron chi connectivity index (χ0n) is 19.9. The van der Waals surface area contributed by atoms with Crippen LogP contribution in [0, 0.1) is 13.8 Å². The Morgan fingerprint density at radius 1 is 1.19 bits per heavy atom. The van der Waals surface area contributed by atoms with Gasteiger partial charge in [0.25, 0.3) is 5.91 Å². The van der Waals surface area contributed by atoms with Crippen molar-refractivity contribution in [2.75, 3.05) is 59.0 Å². The lowest BCUT2D eigenvalue weighted by Crippen LogP contribution is -2.36. The molecule has 0 spiro atoms. The van der Waals surface area contributed by atoms with Crippen LogP contribution in [0.2, 0.25) is 0 Å². The minimum absolute atomic E-state index is 0.0208. The van der Waals surface area contributed by atoms with E-state index in [4.69, 9.17) is 14.2 Å². The van der Waals surface area contributed by atoms with Gasteiger partial charge in [0.05, 0.1) is 33.1 Å². The molecule has 1 saturated heterocycles. The number of allylic oxidation sites excluding steroid dienone is 1. The summed E-state index contributed by atoms with van der Waals surface area (Å²) in [5, 5.41) is 0. The molecule has 0 unspecified atom stereocenters. The second-order valence-corrected chi connectivity index (χ2v) is 8.07. The number of amides is 1. The molecule has 7 heteroatoms. The molecule has 174 valence electrons. The standard InChI is InChI=1S/C25H35N3O4/c1-7-11-28-19(3)23(27-13-15-32-16-14-27)18(2)24(28)25(29)26(4)12-10-20-8-9-21(30-5)22(17-20)31-6/h7-9,17H,1,10-16H2,2-6H3. The summed E-state index contributed by atoms with van der Waals surface area (Å²) < 4.78 is 18.3. The Morgan fingerprint density at radius 2 is 1.88 bits per heavy atom. The van der Waals surface area contributed by atoms with Crippen molar-refractivity contribution < 1.29 is 19.0 Å². The zero-order chi connectivity index (χ0) is 23.3. The smallest absolute Gasteiger partial charge is 0.270 e. The van der Waals surface area contributed by atoms with Crippen molar-refractivity contribution in [3.05, 3.63) is 53.4 Å². The van der Waals surface area contributed by atoms with Crippen molar-refractivity contribution in [3.8, 4) is 11.5 Å². The van der Waals surface area contributed by atoms with Crippen molar-refractivity contribution in [2.45, 2.75) is 26.8 Å². The second kappa shape index (κ2) is 10.6. The normalized spacial score (nSPS) is 13.7. The van der Waals surface area contributed by atoms with Gasteiger partial charge in [0.15, 0.2) is 11.5 Å². The van der Waals surface area contributed by atoms with Crippen molar-refractivity contribution in [3.63, 3.8) is 0 Å². The summed E-state index contributed by atoms with van der Waals surface area (Å²) in [4.78, 5) is 17.7. The van der Waals surface area contributed by atoms with Crippen LogP contribution >= 0.6 is 0 Å². The molecule has 3 rings (SSSR count). The Morgan fingerprint density at radius 3 is 2.50 bits per heavy atom. The molecule has 0 radical (unpaired) electrons. The van der Waals surface area contributed by atoms with Gasteiger partial charge in [-0.1, -0.05) is 12.1 Å². The van der Waals surface area contributed by atoms with Crippen LogP contribution in [0.15, 0.2) is 30.9 Å². The van der Waals surface area contributed by atoms with Gasteiger partial charge in [-0.2, -0.15) is 0 Å². The van der Waals surface area contributed by atoms with Gasteiger partial charge in [-0.05, 0) is 38.0 Å². The number of morpholine rings is 1. The molecule has 1 aliphatic rings. The Labute approximate surface area is 191 Å². The molecule has 0 bridgehead atoms. The zero-order valence-corrected chi connectivity index (χ0v) is 19.9. The summed E-state index contributed by atoms with van der Waals surface area (Å²) in [6.07, 6.45) is 2.56. The van der Waals surface area contributed by atoms with Crippen LogP contribution in [0.25, 0.3) is 0 Å². The van der Waals surface area contributed by atoms with Crippen LogP contribution in [0.1, 0.15) is 27.3 Å². The predicted octanol–water partition coefficient (Wildman–Crippen LogP) is 3.46. The third-order valence-corrected chi connectivity index (χ3v) is 6.10. The molecule has 1 amide bonds. The average molecular weight is 442 g/mol. The highest BCUT2D eigenvalue weighted by molar-refractivity contribution is 5.96. The first kappa shape index (κ1) is 23.7. The van der Waals surface area contributed by atoms with E-state index in [1.165, 1.54) is 0 Å². The van der Waals surface area contributed by atoms with Crippen LogP contribution in [0.3, 0.4) is 0 Å². The monoisotopic (exact) mass is 441 g/mol. The van der Waals surface area contributed by atoms with Crippen molar-refractivity contribution >= 4 is 11.6 Å². The maximum absolute atomic E-state index is 13.5. The number of hydrogen-bond acceptors (Lipinski definition) is 5. The first-order valence-corrected chi connectivity index (χ1v) is 11.0. The van der Waals surface area contributed by atoms with E-state index in [9.17, 15) is 4.79 Å². The lowest BCUT2D eigenvalue weighted by molar-refractivity contribution is 0.0785. The molecule has 0 atom stereocenters. The Bertz CT molecular complexity index is 961. The number of ether oxygens (including phenoxy) is 3. The minimum atomic E-state index is 0.0208. The van der Waals surface area contributed by atoms with Crippen molar-refractivity contribution in [1.29, 1.82) is 0 Å². The molecule has 1 aliphatic heterocycles. The van der Waals surface area contributed by atoms with Gasteiger partial charge >= 0.3 is 0 Å². The SMILES string of the molecule is C=CCn1c(C)c(N2CCOCC2)c(C)c1C(=O)N(C)CCc1ccc(OC)c(OC)c1. The maximum Gasteiger partial charge on any atom is 0.270 e. The van der Waals surface area contributed by atoms with Gasteiger partial charge in [0, 0.05) is 44.5 Å². The summed E-state index contributed by atoms with van der Waals surface area (Å²) in [7, 11) is 5.11. The molecular weight excluding hydrogens is 406 g/mol. The minimum Gasteiger partial charge on any atom is -0.493 e. The number of methoxy groups -OCH3 is 2. The van der Waals surface area contributed by atoms with E-state index in [1.807, 2.05) is 38.2 Å². The number of nitrogens with zero attached hydrogens (tertiary/aromatic N) is 3. The summed E-state index contributed by atoms with van der Waals surface area (Å²) in [5.41, 5.74) is 5.09. The third-order valence-electron chi connectivity index (χ3n) is 6.10. The molecule has 1 fully saturated rings. The van der Waals surface area contributed by atoms with Crippen LogP contribution in [-0.4, -0.2) is 69.5 Å². The van der Waals surface area contributed by atoms with E-state index in [-0.39, 0.29) is 5.91 Å². The fourth-order valence-electron chi connectivity index (χ4n) is 4.38. The van der Waals surface area contributed by atoms with Crippen LogP contribution in [0.5, 0.6) is 11.5 Å². The maximum atomic E-state index is 13.5. The van der Waals surface area contributed by atoms with E-state index in [0.717, 1.165) is 47.7 Å². The van der Waals surface area contributed by atoms with E-state index in [2.05, 4.69) is 23.0 Å². The van der Waals surface area contributed by atoms with Gasteiger partial charge in [0.2, 0.25) is 0 Å². The lowest BCUT2D eigenvalue weighted by Gasteiger charge is -2.29. The van der Waals surface area contributed by atoms with Crippen molar-refractivity contribution in [2.24, 2.45) is 0 Å². The number of likely N-dealkylation sites (N-methyl/N-ethyl adjacent to an activating group) is 1. The molecule has 2 heterocycles. The van der Waals surface area contributed by atoms with Gasteiger partial charge in [-0.15, -0.1) is 6.58 Å². The molecule has 0 N–H and O–H groups in total. The Balaban J connectivity index is 1.82. The molecule has 32 heavy (non-hydrogen) atoms. The largest absolute Gasteiger partial charge is 0.493 e. The molecule has 0 aliphatic carbocycles. The van der Waals surface area contributed by atoms with E-state index in [0.29, 0.717) is 37.8 Å². The first-order chi connectivity index (χ1) is 15.4. The molecule has 2 aromatic rings. The van der Waals surface area contributed by atoms with Crippen LogP contribution in [0.4, 0.5) is 5.69 Å². The number of anilines is 1. The van der Waals surface area contributed by atoms with Crippen LogP contribution in [-0.2, 0) is 17.7 Å². The molecule has 7 nitrogen and oxygen atoms in total. The summed E-state index contributed by atoms with van der Waals surface area (Å²) >= 11 is 0. The quantitative estimate of drug-likeness (QED) is 0.558. The highest BCUT2D eigenvalue weighted by Gasteiger charge is 2.28. The van der Waals surface area contributed by atoms with Gasteiger partial charge < -0.3 is 28.6 Å². The Kier molecular flexibility index (Phi) is 7.85. The topological polar surface area (TPSA) is 56.2 Å². The fourth-order valence-corrected chi connectivity index (χ4v) is 4.38. The van der Waals surface area contributed by atoms with Crippen molar-refractivity contribution in [1.82, 2.24) is 9.47 Å². The fraction of sp³-hybridized carbons (Fsp3) is 0.480. The van der Waals surface area contributed by atoms with Crippen LogP contribution < -0.4 is 14.4 Å². The lowest BCUT2D eigenvalue weighted by atomic mass is 10.1. The highest BCUT2D eigenvalue weighted by atomic mass is 16.5. The summed E-state index contributed by atoms with van der Waals surface area (Å²) in [6, 6.07) is 5.86. The molecule has 0 saturated carbocycles. The average Bonchev–Trinajstić information content (AvgIpc) is 3.06. The van der Waals surface area contributed by atoms with Gasteiger partial charge in [-0.3, -0.25) is 4.79 Å². The van der Waals surface area contributed by atoms with E-state index >= 15 is 0 Å². The second-order valence-electron chi connectivity index (χ2n) is 8.07. The highest BCUT2D eigenvalue weighted by Crippen LogP contribution is 2.32. The number of benzene rings is 1. The number of rotatable bonds is 9. The summed E-state index contributed by atoms with van der Waals surface area (Å²) in [6.45, 7) is 12.3.